The molecule has 0 saturated heterocycles. The van der Waals surface area contributed by atoms with Crippen LogP contribution in [-0.2, 0) is 9.59 Å². The van der Waals surface area contributed by atoms with Crippen molar-refractivity contribution in [1.82, 2.24) is 5.32 Å². The Morgan fingerprint density at radius 2 is 1.81 bits per heavy atom. The minimum absolute atomic E-state index is 0.0368. The van der Waals surface area contributed by atoms with Gasteiger partial charge in [0, 0.05) is 24.2 Å². The van der Waals surface area contributed by atoms with Crippen LogP contribution in [0.1, 0.15) is 51.6 Å². The smallest absolute Gasteiger partial charge is 0.239 e. The van der Waals surface area contributed by atoms with E-state index in [1.807, 2.05) is 61.5 Å². The van der Waals surface area contributed by atoms with Crippen molar-refractivity contribution in [1.29, 1.82) is 0 Å². The van der Waals surface area contributed by atoms with Crippen molar-refractivity contribution in [2.75, 3.05) is 23.3 Å². The number of carbonyl (C=O) groups excluding carboxylic acids is 2. The zero-order valence-corrected chi connectivity index (χ0v) is 18.6. The lowest BCUT2D eigenvalue weighted by molar-refractivity contribution is -0.120. The van der Waals surface area contributed by atoms with Gasteiger partial charge in [-0.2, -0.15) is 0 Å². The molecule has 5 nitrogen and oxygen atoms in total. The van der Waals surface area contributed by atoms with Crippen molar-refractivity contribution < 1.29 is 9.59 Å². The maximum atomic E-state index is 13.5. The molecule has 1 atom stereocenters. The Morgan fingerprint density at radius 1 is 1.10 bits per heavy atom. The van der Waals surface area contributed by atoms with E-state index < -0.39 is 0 Å². The van der Waals surface area contributed by atoms with Crippen LogP contribution in [0, 0.1) is 5.41 Å². The van der Waals surface area contributed by atoms with E-state index in [1.54, 1.807) is 0 Å². The fourth-order valence-corrected chi connectivity index (χ4v) is 4.68. The van der Waals surface area contributed by atoms with E-state index in [4.69, 9.17) is 0 Å². The number of carbonyl (C=O) groups is 2. The summed E-state index contributed by atoms with van der Waals surface area (Å²) in [6.07, 6.45) is 2.18. The molecular formula is C26H31N3O2. The fourth-order valence-electron chi connectivity index (χ4n) is 4.68. The molecule has 0 fully saturated rings. The van der Waals surface area contributed by atoms with Crippen LogP contribution >= 0.6 is 0 Å². The predicted molar refractivity (Wildman–Crippen MR) is 125 cm³/mol. The molecule has 1 amide bonds. The second-order valence-electron chi connectivity index (χ2n) is 9.27. The second kappa shape index (κ2) is 8.58. The summed E-state index contributed by atoms with van der Waals surface area (Å²) in [5, 5.41) is 6.58. The minimum Gasteiger partial charge on any atom is -0.357 e. The molecular weight excluding hydrogens is 386 g/mol. The van der Waals surface area contributed by atoms with Gasteiger partial charge in [0.2, 0.25) is 5.91 Å². The SMILES string of the molecule is CCCNC(=O)CN1c2ccccc2NC2=C(C(=O)CC(C)(C)C2)[C@H]1c1ccccc1. The van der Waals surface area contributed by atoms with Crippen molar-refractivity contribution in [3.63, 3.8) is 0 Å². The summed E-state index contributed by atoms with van der Waals surface area (Å²) in [7, 11) is 0. The quantitative estimate of drug-likeness (QED) is 0.732. The van der Waals surface area contributed by atoms with Crippen LogP contribution in [0.25, 0.3) is 0 Å². The first-order valence-corrected chi connectivity index (χ1v) is 11.1. The lowest BCUT2D eigenvalue weighted by atomic mass is 9.73. The van der Waals surface area contributed by atoms with Crippen molar-refractivity contribution in [2.45, 2.75) is 46.1 Å². The summed E-state index contributed by atoms with van der Waals surface area (Å²) in [6, 6.07) is 17.8. The third-order valence-corrected chi connectivity index (χ3v) is 6.01. The molecule has 0 radical (unpaired) electrons. The number of Topliss-reactive ketones (excluding diaryl/α,β-unsaturated/α-hetero) is 1. The Bertz CT molecular complexity index is 1010. The zero-order chi connectivity index (χ0) is 22.0. The van der Waals surface area contributed by atoms with E-state index in [1.165, 1.54) is 0 Å². The highest BCUT2D eigenvalue weighted by Gasteiger charge is 2.41. The monoisotopic (exact) mass is 417 g/mol. The highest BCUT2D eigenvalue weighted by atomic mass is 16.2. The molecule has 1 aliphatic carbocycles. The van der Waals surface area contributed by atoms with Crippen molar-refractivity contribution in [2.24, 2.45) is 5.41 Å². The van der Waals surface area contributed by atoms with Gasteiger partial charge in [0.05, 0.1) is 24.0 Å². The molecule has 2 aromatic rings. The standard InChI is InChI=1S/C26H31N3O2/c1-4-14-27-23(31)17-29-21-13-9-8-12-19(21)28-20-15-26(2,3)16-22(30)24(20)25(29)18-10-6-5-7-11-18/h5-13,25,28H,4,14-17H2,1-3H3,(H,27,31)/t25-/m1/s1. The molecule has 2 aromatic carbocycles. The van der Waals surface area contributed by atoms with Gasteiger partial charge in [-0.1, -0.05) is 63.2 Å². The second-order valence-corrected chi connectivity index (χ2v) is 9.27. The van der Waals surface area contributed by atoms with Gasteiger partial charge in [0.15, 0.2) is 5.78 Å². The molecule has 2 aliphatic rings. The first kappa shape index (κ1) is 21.2. The van der Waals surface area contributed by atoms with Crippen molar-refractivity contribution >= 4 is 23.1 Å². The van der Waals surface area contributed by atoms with E-state index >= 15 is 0 Å². The third kappa shape index (κ3) is 4.36. The van der Waals surface area contributed by atoms with Crippen molar-refractivity contribution in [3.05, 3.63) is 71.4 Å². The average molecular weight is 418 g/mol. The number of para-hydroxylation sites is 2. The predicted octanol–water partition coefficient (Wildman–Crippen LogP) is 4.83. The van der Waals surface area contributed by atoms with Crippen molar-refractivity contribution in [3.8, 4) is 0 Å². The number of ketones is 1. The molecule has 0 spiro atoms. The zero-order valence-electron chi connectivity index (χ0n) is 18.6. The number of nitrogens with one attached hydrogen (secondary N) is 2. The van der Waals surface area contributed by atoms with E-state index in [2.05, 4.69) is 29.4 Å². The fraction of sp³-hybridized carbons (Fsp3) is 0.385. The van der Waals surface area contributed by atoms with Gasteiger partial charge in [-0.05, 0) is 36.0 Å². The van der Waals surface area contributed by atoms with Crippen LogP contribution in [0.3, 0.4) is 0 Å². The number of hydrogen-bond acceptors (Lipinski definition) is 4. The van der Waals surface area contributed by atoms with Crippen LogP contribution in [0.15, 0.2) is 65.9 Å². The maximum Gasteiger partial charge on any atom is 0.239 e. The maximum absolute atomic E-state index is 13.5. The van der Waals surface area contributed by atoms with Gasteiger partial charge in [-0.3, -0.25) is 9.59 Å². The summed E-state index contributed by atoms with van der Waals surface area (Å²) in [6.45, 7) is 7.15. The first-order chi connectivity index (χ1) is 14.9. The van der Waals surface area contributed by atoms with Crippen LogP contribution in [0.5, 0.6) is 0 Å². The number of benzene rings is 2. The van der Waals surface area contributed by atoms with Crippen LogP contribution < -0.4 is 15.5 Å². The van der Waals surface area contributed by atoms with E-state index in [9.17, 15) is 9.59 Å². The molecule has 4 rings (SSSR count). The molecule has 0 saturated carbocycles. The number of nitrogens with zero attached hydrogens (tertiary/aromatic N) is 1. The van der Waals surface area contributed by atoms with E-state index in [0.717, 1.165) is 41.1 Å². The topological polar surface area (TPSA) is 61.4 Å². The summed E-state index contributed by atoms with van der Waals surface area (Å²) < 4.78 is 0. The Morgan fingerprint density at radius 3 is 2.55 bits per heavy atom. The Kier molecular flexibility index (Phi) is 5.86. The number of hydrogen-bond donors (Lipinski definition) is 2. The molecule has 0 aromatic heterocycles. The van der Waals surface area contributed by atoms with Crippen LogP contribution in [0.4, 0.5) is 11.4 Å². The van der Waals surface area contributed by atoms with Gasteiger partial charge in [0.1, 0.15) is 0 Å². The van der Waals surface area contributed by atoms with Crippen LogP contribution in [-0.4, -0.2) is 24.8 Å². The highest BCUT2D eigenvalue weighted by molar-refractivity contribution is 6.01. The molecule has 31 heavy (non-hydrogen) atoms. The highest BCUT2D eigenvalue weighted by Crippen LogP contribution is 2.48. The van der Waals surface area contributed by atoms with Gasteiger partial charge in [-0.15, -0.1) is 0 Å². The molecule has 2 N–H and O–H groups in total. The molecule has 5 heteroatoms. The summed E-state index contributed by atoms with van der Waals surface area (Å²) in [5.41, 5.74) is 4.53. The number of allylic oxidation sites excluding steroid dienone is 1. The number of fused-ring (bicyclic) bond motifs is 1. The average Bonchev–Trinajstić information content (AvgIpc) is 2.86. The normalized spacial score (nSPS) is 19.8. The lowest BCUT2D eigenvalue weighted by Gasteiger charge is -2.37. The number of anilines is 2. The van der Waals surface area contributed by atoms with E-state index in [0.29, 0.717) is 13.0 Å². The first-order valence-electron chi connectivity index (χ1n) is 11.1. The van der Waals surface area contributed by atoms with E-state index in [-0.39, 0.29) is 29.7 Å². The molecule has 1 heterocycles. The largest absolute Gasteiger partial charge is 0.357 e. The lowest BCUT2D eigenvalue weighted by Crippen LogP contribution is -2.42. The van der Waals surface area contributed by atoms with Crippen LogP contribution in [0.2, 0.25) is 0 Å². The minimum atomic E-state index is -0.316. The summed E-state index contributed by atoms with van der Waals surface area (Å²) >= 11 is 0. The summed E-state index contributed by atoms with van der Waals surface area (Å²) in [5.74, 6) is 0.115. The number of amides is 1. The Labute approximate surface area is 184 Å². The van der Waals surface area contributed by atoms with Gasteiger partial charge >= 0.3 is 0 Å². The van der Waals surface area contributed by atoms with Gasteiger partial charge in [-0.25, -0.2) is 0 Å². The third-order valence-electron chi connectivity index (χ3n) is 6.01. The molecule has 162 valence electrons. The Hall–Kier alpha value is -3.08. The molecule has 0 unspecified atom stereocenters. The Balaban J connectivity index is 1.89. The van der Waals surface area contributed by atoms with Gasteiger partial charge < -0.3 is 15.5 Å². The molecule has 0 bridgehead atoms. The number of rotatable bonds is 5. The summed E-state index contributed by atoms with van der Waals surface area (Å²) in [4.78, 5) is 28.4. The molecule has 1 aliphatic heterocycles. The van der Waals surface area contributed by atoms with Gasteiger partial charge in [0.25, 0.3) is 0 Å².